The van der Waals surface area contributed by atoms with Crippen LogP contribution < -0.4 is 15.0 Å². The van der Waals surface area contributed by atoms with Gasteiger partial charge in [-0.05, 0) is 81.8 Å². The number of aryl methyl sites for hydroxylation is 2. The van der Waals surface area contributed by atoms with Gasteiger partial charge >= 0.3 is 5.97 Å². The van der Waals surface area contributed by atoms with E-state index < -0.39 is 5.97 Å². The number of aromatic nitrogens is 4. The summed E-state index contributed by atoms with van der Waals surface area (Å²) in [6, 6.07) is 13.2. The highest BCUT2D eigenvalue weighted by atomic mass is 32.1. The van der Waals surface area contributed by atoms with E-state index in [9.17, 15) is 9.18 Å². The molecule has 262 valence electrons. The maximum Gasteiger partial charge on any atom is 0.357 e. The molecule has 11 nitrogen and oxygen atoms in total. The Morgan fingerprint density at radius 3 is 2.72 bits per heavy atom. The molecule has 5 heterocycles. The molecule has 0 radical (unpaired) electrons. The number of morpholine rings is 1. The van der Waals surface area contributed by atoms with E-state index in [1.807, 2.05) is 42.2 Å². The molecular formula is C36H40FN7O4S2. The lowest BCUT2D eigenvalue weighted by molar-refractivity contribution is 0.0374. The van der Waals surface area contributed by atoms with Gasteiger partial charge in [-0.1, -0.05) is 29.5 Å². The SMILES string of the molecule is COC(=O)c1nc(N2CCCc3c2nnc(Nc2nc4ccccc4s2)c3C)sc1CCCOc1ccc(CCCN2CCOCC2)cc1F. The molecule has 0 saturated carbocycles. The van der Waals surface area contributed by atoms with Crippen molar-refractivity contribution in [2.24, 2.45) is 0 Å². The first-order valence-electron chi connectivity index (χ1n) is 17.0. The summed E-state index contributed by atoms with van der Waals surface area (Å²) in [5, 5.41) is 14.0. The molecule has 1 N–H and O–H groups in total. The van der Waals surface area contributed by atoms with Crippen LogP contribution in [-0.4, -0.2) is 84.1 Å². The van der Waals surface area contributed by atoms with E-state index in [4.69, 9.17) is 19.2 Å². The number of nitrogens with zero attached hydrogens (tertiary/aromatic N) is 6. The van der Waals surface area contributed by atoms with Crippen molar-refractivity contribution in [3.05, 3.63) is 75.5 Å². The third-order valence-electron chi connectivity index (χ3n) is 9.05. The number of hydrogen-bond acceptors (Lipinski definition) is 13. The quantitative estimate of drug-likeness (QED) is 0.102. The summed E-state index contributed by atoms with van der Waals surface area (Å²) in [5.74, 6) is 0.797. The summed E-state index contributed by atoms with van der Waals surface area (Å²) >= 11 is 3.01. The van der Waals surface area contributed by atoms with Crippen LogP contribution >= 0.6 is 22.7 Å². The molecule has 2 aliphatic heterocycles. The minimum atomic E-state index is -0.492. The summed E-state index contributed by atoms with van der Waals surface area (Å²) in [5.41, 5.74) is 4.28. The van der Waals surface area contributed by atoms with Gasteiger partial charge in [0.2, 0.25) is 0 Å². The molecule has 0 unspecified atom stereocenters. The van der Waals surface area contributed by atoms with Crippen molar-refractivity contribution < 1.29 is 23.4 Å². The van der Waals surface area contributed by atoms with Gasteiger partial charge in [0, 0.05) is 35.6 Å². The smallest absolute Gasteiger partial charge is 0.357 e. The fourth-order valence-corrected chi connectivity index (χ4v) is 8.34. The topological polar surface area (TPSA) is 115 Å². The van der Waals surface area contributed by atoms with Gasteiger partial charge in [-0.2, -0.15) is 0 Å². The van der Waals surface area contributed by atoms with Crippen LogP contribution in [0.5, 0.6) is 5.75 Å². The zero-order valence-corrected chi connectivity index (χ0v) is 29.9. The van der Waals surface area contributed by atoms with E-state index in [0.717, 1.165) is 101 Å². The Kier molecular flexibility index (Phi) is 10.8. The van der Waals surface area contributed by atoms with Gasteiger partial charge in [-0.25, -0.2) is 19.2 Å². The number of carbonyl (C=O) groups is 1. The number of anilines is 4. The number of para-hydroxylation sites is 1. The average molecular weight is 718 g/mol. The minimum absolute atomic E-state index is 0.232. The van der Waals surface area contributed by atoms with Gasteiger partial charge in [0.05, 0.1) is 37.1 Å². The largest absolute Gasteiger partial charge is 0.491 e. The van der Waals surface area contributed by atoms with Crippen molar-refractivity contribution in [3.63, 3.8) is 0 Å². The van der Waals surface area contributed by atoms with Crippen molar-refractivity contribution in [2.75, 3.05) is 63.3 Å². The Balaban J connectivity index is 0.987. The van der Waals surface area contributed by atoms with E-state index in [2.05, 4.69) is 25.4 Å². The summed E-state index contributed by atoms with van der Waals surface area (Å²) in [6.45, 7) is 7.50. The predicted octanol–water partition coefficient (Wildman–Crippen LogP) is 6.88. The number of nitrogens with one attached hydrogen (secondary N) is 1. The molecule has 14 heteroatoms. The van der Waals surface area contributed by atoms with Gasteiger partial charge in [-0.3, -0.25) is 4.90 Å². The predicted molar refractivity (Wildman–Crippen MR) is 194 cm³/mol. The maximum atomic E-state index is 14.9. The molecule has 2 aromatic carbocycles. The van der Waals surface area contributed by atoms with Crippen molar-refractivity contribution in [1.29, 1.82) is 0 Å². The maximum absolute atomic E-state index is 14.9. The fraction of sp³-hybridized carbons (Fsp3) is 0.417. The molecule has 3 aromatic heterocycles. The Hall–Kier alpha value is -4.24. The van der Waals surface area contributed by atoms with Gasteiger partial charge in [0.1, 0.15) is 0 Å². The highest BCUT2D eigenvalue weighted by Crippen LogP contribution is 2.39. The molecule has 0 spiro atoms. The molecule has 0 bridgehead atoms. The normalized spacial score (nSPS) is 14.9. The summed E-state index contributed by atoms with van der Waals surface area (Å²) in [6.07, 6.45) is 4.63. The molecule has 0 aliphatic carbocycles. The average Bonchev–Trinajstić information content (AvgIpc) is 3.76. The number of esters is 1. The van der Waals surface area contributed by atoms with Crippen LogP contribution in [0.2, 0.25) is 0 Å². The molecule has 1 saturated heterocycles. The van der Waals surface area contributed by atoms with Crippen LogP contribution in [0.15, 0.2) is 42.5 Å². The van der Waals surface area contributed by atoms with Crippen molar-refractivity contribution in [3.8, 4) is 5.75 Å². The lowest BCUT2D eigenvalue weighted by Gasteiger charge is -2.28. The van der Waals surface area contributed by atoms with E-state index in [0.29, 0.717) is 36.9 Å². The van der Waals surface area contributed by atoms with Crippen molar-refractivity contribution in [2.45, 2.75) is 45.4 Å². The standard InChI is InChI=1S/C36H40FN7O4S2/c1-23-25-9-6-16-44(33(25)42-41-32(23)40-35-38-27-10-3-4-11-29(27)49-35)36-39-31(34(45)46-2)30(50-36)12-7-19-48-28-14-13-24(22-26(28)37)8-5-15-43-17-20-47-21-18-43/h3-4,10-11,13-14,22H,5-9,12,15-21H2,1-2H3,(H,38,40,41). The van der Waals surface area contributed by atoms with Gasteiger partial charge < -0.3 is 24.4 Å². The lowest BCUT2D eigenvalue weighted by Crippen LogP contribution is -2.36. The number of carbonyl (C=O) groups excluding carboxylic acids is 1. The number of hydrogen-bond donors (Lipinski definition) is 1. The first kappa shape index (κ1) is 34.2. The Morgan fingerprint density at radius 1 is 1.04 bits per heavy atom. The number of halogens is 1. The number of rotatable bonds is 13. The molecule has 0 atom stereocenters. The summed E-state index contributed by atoms with van der Waals surface area (Å²) < 4.78 is 32.3. The lowest BCUT2D eigenvalue weighted by atomic mass is 10.0. The Bertz CT molecular complexity index is 1930. The number of ether oxygens (including phenoxy) is 3. The number of benzene rings is 2. The van der Waals surface area contributed by atoms with Gasteiger partial charge in [0.15, 0.2) is 39.2 Å². The van der Waals surface area contributed by atoms with Crippen molar-refractivity contribution in [1.82, 2.24) is 25.1 Å². The number of fused-ring (bicyclic) bond motifs is 2. The zero-order chi connectivity index (χ0) is 34.5. The van der Waals surface area contributed by atoms with Gasteiger partial charge in [-0.15, -0.1) is 21.5 Å². The van der Waals surface area contributed by atoms with E-state index in [1.54, 1.807) is 23.5 Å². The first-order chi connectivity index (χ1) is 24.5. The molecular weight excluding hydrogens is 678 g/mol. The molecule has 1 fully saturated rings. The first-order valence-corrected chi connectivity index (χ1v) is 18.7. The fourth-order valence-electron chi connectivity index (χ4n) is 6.36. The van der Waals surface area contributed by atoms with Crippen LogP contribution in [0, 0.1) is 12.7 Å². The summed E-state index contributed by atoms with van der Waals surface area (Å²) in [4.78, 5) is 27.4. The molecule has 2 aliphatic rings. The number of thiazole rings is 2. The highest BCUT2D eigenvalue weighted by molar-refractivity contribution is 7.22. The Morgan fingerprint density at radius 2 is 1.90 bits per heavy atom. The van der Waals surface area contributed by atoms with Crippen LogP contribution in [0.25, 0.3) is 10.2 Å². The second-order valence-electron chi connectivity index (χ2n) is 12.4. The second-order valence-corrected chi connectivity index (χ2v) is 14.5. The van der Waals surface area contributed by atoms with Crippen LogP contribution in [0.3, 0.4) is 0 Å². The molecule has 0 amide bonds. The minimum Gasteiger partial charge on any atom is -0.491 e. The second kappa shape index (κ2) is 15.8. The van der Waals surface area contributed by atoms with Crippen LogP contribution in [0.4, 0.5) is 26.3 Å². The van der Waals surface area contributed by atoms with E-state index in [-0.39, 0.29) is 17.3 Å². The third kappa shape index (κ3) is 7.73. The van der Waals surface area contributed by atoms with Crippen LogP contribution in [0.1, 0.15) is 51.3 Å². The van der Waals surface area contributed by atoms with Crippen LogP contribution in [-0.2, 0) is 28.7 Å². The van der Waals surface area contributed by atoms with Crippen molar-refractivity contribution >= 4 is 60.8 Å². The number of methoxy groups -OCH3 is 1. The zero-order valence-electron chi connectivity index (χ0n) is 28.2. The molecule has 5 aromatic rings. The molecule has 50 heavy (non-hydrogen) atoms. The summed E-state index contributed by atoms with van der Waals surface area (Å²) in [7, 11) is 1.36. The molecule has 7 rings (SSSR count). The van der Waals surface area contributed by atoms with E-state index in [1.165, 1.54) is 18.4 Å². The monoisotopic (exact) mass is 717 g/mol. The third-order valence-corrected chi connectivity index (χ3v) is 11.1. The van der Waals surface area contributed by atoms with Gasteiger partial charge in [0.25, 0.3) is 0 Å². The Labute approximate surface area is 298 Å². The van der Waals surface area contributed by atoms with E-state index >= 15 is 0 Å². The highest BCUT2D eigenvalue weighted by Gasteiger charge is 2.29.